The van der Waals surface area contributed by atoms with Crippen molar-refractivity contribution in [2.75, 3.05) is 5.43 Å². The highest BCUT2D eigenvalue weighted by molar-refractivity contribution is 5.45. The lowest BCUT2D eigenvalue weighted by Gasteiger charge is -2.09. The molecule has 2 rings (SSSR count). The fourth-order valence-corrected chi connectivity index (χ4v) is 1.37. The van der Waals surface area contributed by atoms with E-state index in [2.05, 4.69) is 4.98 Å². The number of rotatable bonds is 3. The van der Waals surface area contributed by atoms with Gasteiger partial charge >= 0.3 is 0 Å². The molecular formula is C12H8F2N4O. The molecule has 19 heavy (non-hydrogen) atoms. The highest BCUT2D eigenvalue weighted by Gasteiger charge is 2.14. The zero-order valence-electron chi connectivity index (χ0n) is 9.52. The zero-order chi connectivity index (χ0) is 13.8. The highest BCUT2D eigenvalue weighted by Crippen LogP contribution is 2.27. The number of benzene rings is 1. The van der Waals surface area contributed by atoms with E-state index in [9.17, 15) is 8.78 Å². The molecule has 0 spiro atoms. The fourth-order valence-electron chi connectivity index (χ4n) is 1.37. The molecule has 0 fully saturated rings. The molecule has 0 amide bonds. The smallest absolute Gasteiger partial charge is 0.258 e. The van der Waals surface area contributed by atoms with E-state index in [-0.39, 0.29) is 17.1 Å². The molecule has 0 aliphatic carbocycles. The van der Waals surface area contributed by atoms with Crippen molar-refractivity contribution < 1.29 is 13.5 Å². The van der Waals surface area contributed by atoms with Crippen molar-refractivity contribution in [3.63, 3.8) is 0 Å². The van der Waals surface area contributed by atoms with Crippen LogP contribution in [0, 0.1) is 23.0 Å². The molecule has 0 unspecified atom stereocenters. The minimum Gasteiger partial charge on any atom is -0.435 e. The van der Waals surface area contributed by atoms with Crippen LogP contribution in [0.2, 0.25) is 0 Å². The Morgan fingerprint density at radius 1 is 1.26 bits per heavy atom. The summed E-state index contributed by atoms with van der Waals surface area (Å²) < 4.78 is 31.8. The number of hydrazine groups is 1. The number of nitrogen functional groups attached to an aromatic ring is 1. The largest absolute Gasteiger partial charge is 0.435 e. The van der Waals surface area contributed by atoms with Gasteiger partial charge < -0.3 is 10.2 Å². The number of para-hydroxylation sites is 1. The maximum Gasteiger partial charge on any atom is 0.258 e. The average molecular weight is 262 g/mol. The Hall–Kier alpha value is -2.72. The monoisotopic (exact) mass is 262 g/mol. The van der Waals surface area contributed by atoms with Crippen LogP contribution in [-0.2, 0) is 0 Å². The number of halogens is 2. The van der Waals surface area contributed by atoms with Crippen molar-refractivity contribution >= 4 is 5.82 Å². The third-order valence-corrected chi connectivity index (χ3v) is 2.25. The van der Waals surface area contributed by atoms with Crippen molar-refractivity contribution in [2.24, 2.45) is 5.84 Å². The minimum atomic E-state index is -0.996. The second kappa shape index (κ2) is 5.29. The summed E-state index contributed by atoms with van der Waals surface area (Å²) in [6.07, 6.45) is 0. The van der Waals surface area contributed by atoms with Crippen LogP contribution >= 0.6 is 0 Å². The van der Waals surface area contributed by atoms with Crippen LogP contribution in [0.3, 0.4) is 0 Å². The molecule has 1 aromatic heterocycles. The zero-order valence-corrected chi connectivity index (χ0v) is 9.52. The lowest BCUT2D eigenvalue weighted by Crippen LogP contribution is -2.11. The maximum atomic E-state index is 13.5. The summed E-state index contributed by atoms with van der Waals surface area (Å²) in [5, 5.41) is 8.87. The summed E-state index contributed by atoms with van der Waals surface area (Å²) in [6, 6.07) is 8.69. The van der Waals surface area contributed by atoms with Gasteiger partial charge in [-0.05, 0) is 12.1 Å². The summed E-state index contributed by atoms with van der Waals surface area (Å²) in [5.74, 6) is 2.38. The van der Waals surface area contributed by atoms with E-state index in [1.165, 1.54) is 12.1 Å². The number of hydrogen-bond acceptors (Lipinski definition) is 5. The standard InChI is InChI=1S/C12H8F2N4O/c13-8-5-9(14)12(17-11(8)18-16)19-10-4-2-1-3-7(10)6-15/h1-5H,16H2,(H,17,18). The lowest BCUT2D eigenvalue weighted by molar-refractivity contribution is 0.417. The van der Waals surface area contributed by atoms with Gasteiger partial charge in [0.25, 0.3) is 5.88 Å². The second-order valence-electron chi connectivity index (χ2n) is 3.46. The number of nitrogens with one attached hydrogen (secondary N) is 1. The first-order valence-corrected chi connectivity index (χ1v) is 5.15. The van der Waals surface area contributed by atoms with Crippen molar-refractivity contribution in [3.05, 3.63) is 47.5 Å². The van der Waals surface area contributed by atoms with Crippen molar-refractivity contribution in [2.45, 2.75) is 0 Å². The Balaban J connectivity index is 2.41. The van der Waals surface area contributed by atoms with Crippen molar-refractivity contribution in [1.82, 2.24) is 4.98 Å². The number of pyridine rings is 1. The summed E-state index contributed by atoms with van der Waals surface area (Å²) in [4.78, 5) is 3.54. The van der Waals surface area contributed by atoms with E-state index in [0.29, 0.717) is 6.07 Å². The van der Waals surface area contributed by atoms with Crippen molar-refractivity contribution in [1.29, 1.82) is 5.26 Å². The molecular weight excluding hydrogens is 254 g/mol. The van der Waals surface area contributed by atoms with Gasteiger partial charge in [-0.1, -0.05) is 12.1 Å². The Bertz CT molecular complexity index is 655. The Morgan fingerprint density at radius 3 is 2.68 bits per heavy atom. The van der Waals surface area contributed by atoms with Gasteiger partial charge in [0.2, 0.25) is 0 Å². The topological polar surface area (TPSA) is 84.0 Å². The molecule has 0 saturated carbocycles. The van der Waals surface area contributed by atoms with Crippen LogP contribution in [0.25, 0.3) is 0 Å². The van der Waals surface area contributed by atoms with Gasteiger partial charge in [0.1, 0.15) is 11.8 Å². The number of nitrogens with zero attached hydrogens (tertiary/aromatic N) is 2. The molecule has 2 aromatic rings. The Labute approximate surface area is 107 Å². The Kier molecular flexibility index (Phi) is 3.54. The van der Waals surface area contributed by atoms with Crippen LogP contribution in [0.4, 0.5) is 14.6 Å². The molecule has 0 aliphatic rings. The van der Waals surface area contributed by atoms with Crippen LogP contribution in [0.5, 0.6) is 11.6 Å². The molecule has 0 atom stereocenters. The first kappa shape index (κ1) is 12.7. The molecule has 0 saturated heterocycles. The SMILES string of the molecule is N#Cc1ccccc1Oc1nc(NN)c(F)cc1F. The Morgan fingerprint density at radius 2 is 2.00 bits per heavy atom. The van der Waals surface area contributed by atoms with E-state index in [4.69, 9.17) is 15.8 Å². The van der Waals surface area contributed by atoms with E-state index in [1.54, 1.807) is 12.1 Å². The molecule has 0 bridgehead atoms. The van der Waals surface area contributed by atoms with Crippen LogP contribution < -0.4 is 16.0 Å². The third-order valence-electron chi connectivity index (χ3n) is 2.25. The van der Waals surface area contributed by atoms with Crippen LogP contribution in [0.15, 0.2) is 30.3 Å². The second-order valence-corrected chi connectivity index (χ2v) is 3.46. The predicted octanol–water partition coefficient (Wildman–Crippen LogP) is 2.31. The van der Waals surface area contributed by atoms with Gasteiger partial charge in [-0.25, -0.2) is 14.6 Å². The molecule has 5 nitrogen and oxygen atoms in total. The van der Waals surface area contributed by atoms with Gasteiger partial charge in [0.05, 0.1) is 5.56 Å². The quantitative estimate of drug-likeness (QED) is 0.655. The van der Waals surface area contributed by atoms with Gasteiger partial charge in [0, 0.05) is 6.07 Å². The molecule has 3 N–H and O–H groups in total. The van der Waals surface area contributed by atoms with Gasteiger partial charge in [-0.2, -0.15) is 10.2 Å². The fraction of sp³-hybridized carbons (Fsp3) is 0. The number of hydrogen-bond donors (Lipinski definition) is 2. The number of aromatic nitrogens is 1. The third kappa shape index (κ3) is 2.59. The maximum absolute atomic E-state index is 13.5. The number of nitriles is 1. The normalized spacial score (nSPS) is 9.79. The van der Waals surface area contributed by atoms with E-state index >= 15 is 0 Å². The first-order valence-electron chi connectivity index (χ1n) is 5.15. The number of ether oxygens (including phenoxy) is 1. The molecule has 1 aromatic carbocycles. The lowest BCUT2D eigenvalue weighted by atomic mass is 10.2. The number of anilines is 1. The highest BCUT2D eigenvalue weighted by atomic mass is 19.1. The molecule has 7 heteroatoms. The molecule has 96 valence electrons. The van der Waals surface area contributed by atoms with E-state index in [1.807, 2.05) is 11.5 Å². The van der Waals surface area contributed by atoms with Gasteiger partial charge in [-0.15, -0.1) is 0 Å². The van der Waals surface area contributed by atoms with Crippen molar-refractivity contribution in [3.8, 4) is 17.7 Å². The first-order chi connectivity index (χ1) is 9.15. The average Bonchev–Trinajstić information content (AvgIpc) is 2.42. The van der Waals surface area contributed by atoms with E-state index < -0.39 is 17.5 Å². The predicted molar refractivity (Wildman–Crippen MR) is 63.2 cm³/mol. The minimum absolute atomic E-state index is 0.117. The van der Waals surface area contributed by atoms with E-state index in [0.717, 1.165) is 0 Å². The summed E-state index contributed by atoms with van der Waals surface area (Å²) in [6.45, 7) is 0. The number of nitrogens with two attached hydrogens (primary N) is 1. The van der Waals surface area contributed by atoms with Crippen LogP contribution in [-0.4, -0.2) is 4.98 Å². The molecule has 0 radical (unpaired) electrons. The molecule has 1 heterocycles. The summed E-state index contributed by atoms with van der Waals surface area (Å²) in [7, 11) is 0. The van der Waals surface area contributed by atoms with Gasteiger partial charge in [-0.3, -0.25) is 0 Å². The summed E-state index contributed by atoms with van der Waals surface area (Å²) in [5.41, 5.74) is 2.18. The van der Waals surface area contributed by atoms with Gasteiger partial charge in [0.15, 0.2) is 17.5 Å². The summed E-state index contributed by atoms with van der Waals surface area (Å²) >= 11 is 0. The molecule has 0 aliphatic heterocycles. The van der Waals surface area contributed by atoms with Crippen LogP contribution in [0.1, 0.15) is 5.56 Å².